The van der Waals surface area contributed by atoms with E-state index >= 15 is 0 Å². The molecule has 0 atom stereocenters. The van der Waals surface area contributed by atoms with Crippen molar-refractivity contribution < 1.29 is 0 Å². The van der Waals surface area contributed by atoms with Crippen LogP contribution in [0.5, 0.6) is 0 Å². The first-order valence-electron chi connectivity index (χ1n) is 17.2. The molecular weight excluding hydrogens is 621 g/mol. The van der Waals surface area contributed by atoms with Crippen LogP contribution in [0, 0.1) is 0 Å². The van der Waals surface area contributed by atoms with Crippen LogP contribution in [0.4, 0.5) is 0 Å². The van der Waals surface area contributed by atoms with Crippen LogP contribution in [0.1, 0.15) is 0 Å². The van der Waals surface area contributed by atoms with E-state index in [2.05, 4.69) is 180 Å². The summed E-state index contributed by atoms with van der Waals surface area (Å²) in [6.45, 7) is 0. The molecular formula is C47H30N4. The molecule has 0 aliphatic heterocycles. The molecule has 0 saturated carbocycles. The van der Waals surface area contributed by atoms with Crippen molar-refractivity contribution in [2.24, 2.45) is 0 Å². The lowest BCUT2D eigenvalue weighted by Crippen LogP contribution is -2.01. The van der Waals surface area contributed by atoms with Crippen LogP contribution >= 0.6 is 0 Å². The fourth-order valence-corrected chi connectivity index (χ4v) is 7.34. The second kappa shape index (κ2) is 11.9. The average Bonchev–Trinajstić information content (AvgIpc) is 3.56. The molecule has 8 aromatic carbocycles. The predicted molar refractivity (Wildman–Crippen MR) is 211 cm³/mol. The smallest absolute Gasteiger partial charge is 0.164 e. The Morgan fingerprint density at radius 3 is 1.69 bits per heavy atom. The highest BCUT2D eigenvalue weighted by atomic mass is 15.0. The van der Waals surface area contributed by atoms with Crippen LogP contribution in [0.15, 0.2) is 182 Å². The number of benzene rings is 8. The van der Waals surface area contributed by atoms with E-state index in [0.29, 0.717) is 17.5 Å². The van der Waals surface area contributed by atoms with Crippen LogP contribution in [-0.2, 0) is 0 Å². The molecule has 0 aliphatic carbocycles. The van der Waals surface area contributed by atoms with Crippen molar-refractivity contribution >= 4 is 43.4 Å². The van der Waals surface area contributed by atoms with E-state index in [-0.39, 0.29) is 0 Å². The van der Waals surface area contributed by atoms with Crippen molar-refractivity contribution in [2.45, 2.75) is 0 Å². The molecule has 238 valence electrons. The molecule has 4 heteroatoms. The first-order chi connectivity index (χ1) is 25.3. The van der Waals surface area contributed by atoms with Crippen molar-refractivity contribution in [3.8, 4) is 51.0 Å². The normalized spacial score (nSPS) is 11.5. The Labute approximate surface area is 295 Å². The van der Waals surface area contributed by atoms with Gasteiger partial charge in [0.15, 0.2) is 17.5 Å². The maximum Gasteiger partial charge on any atom is 0.164 e. The van der Waals surface area contributed by atoms with Crippen molar-refractivity contribution in [1.82, 2.24) is 19.5 Å². The van der Waals surface area contributed by atoms with Crippen molar-refractivity contribution in [3.05, 3.63) is 182 Å². The minimum absolute atomic E-state index is 0.632. The first-order valence-corrected chi connectivity index (χ1v) is 17.2. The molecule has 51 heavy (non-hydrogen) atoms. The summed E-state index contributed by atoms with van der Waals surface area (Å²) in [6, 6.07) is 63.9. The van der Waals surface area contributed by atoms with Crippen LogP contribution in [0.2, 0.25) is 0 Å². The van der Waals surface area contributed by atoms with Gasteiger partial charge in [0.25, 0.3) is 0 Å². The first kappa shape index (κ1) is 29.0. The molecule has 0 spiro atoms. The summed E-state index contributed by atoms with van der Waals surface area (Å²) in [5, 5.41) is 7.34. The summed E-state index contributed by atoms with van der Waals surface area (Å²) in [5.74, 6) is 1.91. The number of hydrogen-bond donors (Lipinski definition) is 0. The second-order valence-electron chi connectivity index (χ2n) is 12.9. The molecule has 0 unspecified atom stereocenters. The summed E-state index contributed by atoms with van der Waals surface area (Å²) in [7, 11) is 0. The van der Waals surface area contributed by atoms with Crippen LogP contribution < -0.4 is 0 Å². The average molecular weight is 651 g/mol. The van der Waals surface area contributed by atoms with E-state index in [1.54, 1.807) is 0 Å². The molecule has 0 aliphatic rings. The Bertz CT molecular complexity index is 2910. The standard InChI is InChI=1S/C47H30N4/c1-2-11-31(12-3-1)36-16-10-17-37(29-36)46-48-45(49-47(50-46)38-22-21-32-13-4-5-15-35(32)30-38)34-23-26-39(27-24-34)51-42-20-9-8-19-41(42)44-40-18-7-6-14-33(40)25-28-43(44)51/h1-30H. The lowest BCUT2D eigenvalue weighted by atomic mass is 10.0. The third kappa shape index (κ3) is 5.04. The van der Waals surface area contributed by atoms with E-state index in [1.165, 1.54) is 38.0 Å². The molecule has 2 aromatic heterocycles. The highest BCUT2D eigenvalue weighted by Gasteiger charge is 2.17. The molecule has 0 amide bonds. The fraction of sp³-hybridized carbons (Fsp3) is 0. The second-order valence-corrected chi connectivity index (χ2v) is 12.9. The lowest BCUT2D eigenvalue weighted by Gasteiger charge is -2.12. The Balaban J connectivity index is 1.12. The Hall–Kier alpha value is -6.91. The summed E-state index contributed by atoms with van der Waals surface area (Å²) in [6.07, 6.45) is 0. The molecule has 10 rings (SSSR count). The summed E-state index contributed by atoms with van der Waals surface area (Å²) in [5.41, 5.74) is 8.53. The molecule has 4 nitrogen and oxygen atoms in total. The Kier molecular flexibility index (Phi) is 6.78. The van der Waals surface area contributed by atoms with E-state index < -0.39 is 0 Å². The number of rotatable bonds is 5. The molecule has 2 heterocycles. The topological polar surface area (TPSA) is 43.6 Å². The minimum Gasteiger partial charge on any atom is -0.309 e. The van der Waals surface area contributed by atoms with Gasteiger partial charge in [0.1, 0.15) is 0 Å². The van der Waals surface area contributed by atoms with E-state index in [9.17, 15) is 0 Å². The van der Waals surface area contributed by atoms with Crippen LogP contribution in [0.25, 0.3) is 94.3 Å². The molecule has 0 bridgehead atoms. The van der Waals surface area contributed by atoms with Gasteiger partial charge in [-0.1, -0.05) is 133 Å². The summed E-state index contributed by atoms with van der Waals surface area (Å²) in [4.78, 5) is 15.2. The highest BCUT2D eigenvalue weighted by molar-refractivity contribution is 6.21. The van der Waals surface area contributed by atoms with Crippen LogP contribution in [-0.4, -0.2) is 19.5 Å². The number of nitrogens with zero attached hydrogens (tertiary/aromatic N) is 4. The maximum atomic E-state index is 5.09. The van der Waals surface area contributed by atoms with Crippen molar-refractivity contribution in [2.75, 3.05) is 0 Å². The third-order valence-corrected chi connectivity index (χ3v) is 9.82. The predicted octanol–water partition coefficient (Wildman–Crippen LogP) is 11.9. The molecule has 0 radical (unpaired) electrons. The number of fused-ring (bicyclic) bond motifs is 6. The van der Waals surface area contributed by atoms with Gasteiger partial charge in [-0.3, -0.25) is 0 Å². The maximum absolute atomic E-state index is 5.09. The van der Waals surface area contributed by atoms with Crippen LogP contribution in [0.3, 0.4) is 0 Å². The number of para-hydroxylation sites is 1. The summed E-state index contributed by atoms with van der Waals surface area (Å²) < 4.78 is 2.36. The minimum atomic E-state index is 0.632. The van der Waals surface area contributed by atoms with Gasteiger partial charge in [-0.25, -0.2) is 15.0 Å². The van der Waals surface area contributed by atoms with E-state index in [1.807, 2.05) is 6.07 Å². The molecule has 0 saturated heterocycles. The lowest BCUT2D eigenvalue weighted by molar-refractivity contribution is 1.07. The van der Waals surface area contributed by atoms with Gasteiger partial charge in [-0.05, 0) is 81.2 Å². The molecule has 10 aromatic rings. The highest BCUT2D eigenvalue weighted by Crippen LogP contribution is 2.37. The zero-order valence-electron chi connectivity index (χ0n) is 27.6. The van der Waals surface area contributed by atoms with Gasteiger partial charge < -0.3 is 4.57 Å². The Morgan fingerprint density at radius 1 is 0.314 bits per heavy atom. The van der Waals surface area contributed by atoms with Crippen molar-refractivity contribution in [3.63, 3.8) is 0 Å². The van der Waals surface area contributed by atoms with Gasteiger partial charge in [0.05, 0.1) is 11.0 Å². The van der Waals surface area contributed by atoms with Gasteiger partial charge in [-0.15, -0.1) is 0 Å². The summed E-state index contributed by atoms with van der Waals surface area (Å²) >= 11 is 0. The zero-order chi connectivity index (χ0) is 33.7. The zero-order valence-corrected chi connectivity index (χ0v) is 27.6. The van der Waals surface area contributed by atoms with Gasteiger partial charge in [-0.2, -0.15) is 0 Å². The molecule has 0 fully saturated rings. The quantitative estimate of drug-likeness (QED) is 0.186. The third-order valence-electron chi connectivity index (χ3n) is 9.82. The molecule has 0 N–H and O–H groups in total. The Morgan fingerprint density at radius 2 is 0.882 bits per heavy atom. The van der Waals surface area contributed by atoms with Crippen molar-refractivity contribution in [1.29, 1.82) is 0 Å². The number of hydrogen-bond acceptors (Lipinski definition) is 3. The van der Waals surface area contributed by atoms with E-state index in [4.69, 9.17) is 15.0 Å². The fourth-order valence-electron chi connectivity index (χ4n) is 7.34. The number of aromatic nitrogens is 4. The van der Waals surface area contributed by atoms with Gasteiger partial charge >= 0.3 is 0 Å². The SMILES string of the molecule is c1ccc(-c2cccc(-c3nc(-c4ccc(-n5c6ccccc6c6c7ccccc7ccc65)cc4)nc(-c4ccc5ccccc5c4)n3)c2)cc1. The monoisotopic (exact) mass is 650 g/mol. The van der Waals surface area contributed by atoms with E-state index in [0.717, 1.165) is 38.9 Å². The van der Waals surface area contributed by atoms with Gasteiger partial charge in [0, 0.05) is 33.2 Å². The van der Waals surface area contributed by atoms with Gasteiger partial charge in [0.2, 0.25) is 0 Å². The largest absolute Gasteiger partial charge is 0.309 e.